The minimum atomic E-state index is -0.337. The van der Waals surface area contributed by atoms with Crippen LogP contribution in [0.5, 0.6) is 0 Å². The number of epoxide rings is 1. The number of benzene rings is 1. The van der Waals surface area contributed by atoms with Crippen molar-refractivity contribution in [2.24, 2.45) is 0 Å². The monoisotopic (exact) mass is 272 g/mol. The van der Waals surface area contributed by atoms with Crippen molar-refractivity contribution in [3.63, 3.8) is 0 Å². The summed E-state index contributed by atoms with van der Waals surface area (Å²) in [4.78, 5) is 10.7. The van der Waals surface area contributed by atoms with E-state index < -0.39 is 0 Å². The van der Waals surface area contributed by atoms with Crippen LogP contribution < -0.4 is 0 Å². The molecule has 1 aliphatic heterocycles. The summed E-state index contributed by atoms with van der Waals surface area (Å²) in [5.41, 5.74) is 2.70. The molecule has 106 valence electrons. The van der Waals surface area contributed by atoms with Gasteiger partial charge in [0.25, 0.3) is 0 Å². The predicted octanol–water partition coefficient (Wildman–Crippen LogP) is 3.48. The Morgan fingerprint density at radius 3 is 2.20 bits per heavy atom. The SMILES string of the molecule is C=C(C)C(=O)OCC1CO1.C=Cc1ccccc1C=C. The highest BCUT2D eigenvalue weighted by molar-refractivity contribution is 5.86. The van der Waals surface area contributed by atoms with Crippen LogP contribution in [-0.2, 0) is 14.3 Å². The van der Waals surface area contributed by atoms with Gasteiger partial charge in [0.15, 0.2) is 0 Å². The summed E-state index contributed by atoms with van der Waals surface area (Å²) >= 11 is 0. The van der Waals surface area contributed by atoms with Gasteiger partial charge in [0.2, 0.25) is 0 Å². The fraction of sp³-hybridized carbons (Fsp3) is 0.235. The molecule has 1 aromatic carbocycles. The van der Waals surface area contributed by atoms with Crippen molar-refractivity contribution in [2.45, 2.75) is 13.0 Å². The lowest BCUT2D eigenvalue weighted by Crippen LogP contribution is -2.09. The van der Waals surface area contributed by atoms with Gasteiger partial charge in [-0.1, -0.05) is 56.2 Å². The largest absolute Gasteiger partial charge is 0.459 e. The fourth-order valence-corrected chi connectivity index (χ4v) is 1.34. The van der Waals surface area contributed by atoms with Gasteiger partial charge in [-0.3, -0.25) is 0 Å². The van der Waals surface area contributed by atoms with Crippen molar-refractivity contribution >= 4 is 18.1 Å². The van der Waals surface area contributed by atoms with Gasteiger partial charge in [-0.15, -0.1) is 0 Å². The molecule has 1 heterocycles. The van der Waals surface area contributed by atoms with Crippen LogP contribution in [0.25, 0.3) is 12.2 Å². The van der Waals surface area contributed by atoms with Crippen LogP contribution in [0.15, 0.2) is 49.6 Å². The molecule has 0 aliphatic carbocycles. The van der Waals surface area contributed by atoms with E-state index in [1.807, 2.05) is 36.4 Å². The van der Waals surface area contributed by atoms with Gasteiger partial charge in [-0.2, -0.15) is 0 Å². The molecular weight excluding hydrogens is 252 g/mol. The fourth-order valence-electron chi connectivity index (χ4n) is 1.34. The van der Waals surface area contributed by atoms with Crippen LogP contribution in [0.2, 0.25) is 0 Å². The Labute approximate surface area is 120 Å². The number of hydrogen-bond donors (Lipinski definition) is 0. The third-order valence-electron chi connectivity index (χ3n) is 2.59. The van der Waals surface area contributed by atoms with Gasteiger partial charge < -0.3 is 9.47 Å². The Balaban J connectivity index is 0.000000200. The lowest BCUT2D eigenvalue weighted by Gasteiger charge is -1.99. The van der Waals surface area contributed by atoms with E-state index in [4.69, 9.17) is 9.47 Å². The first-order valence-corrected chi connectivity index (χ1v) is 6.36. The Morgan fingerprint density at radius 2 is 1.85 bits per heavy atom. The second-order valence-corrected chi connectivity index (χ2v) is 4.37. The van der Waals surface area contributed by atoms with E-state index in [1.165, 1.54) is 0 Å². The molecule has 1 unspecified atom stereocenters. The average molecular weight is 272 g/mol. The Kier molecular flexibility index (Phi) is 6.47. The third kappa shape index (κ3) is 5.67. The molecule has 0 amide bonds. The normalized spacial score (nSPS) is 15.3. The van der Waals surface area contributed by atoms with Gasteiger partial charge in [0, 0.05) is 5.57 Å². The molecule has 20 heavy (non-hydrogen) atoms. The van der Waals surface area contributed by atoms with E-state index in [-0.39, 0.29) is 12.1 Å². The number of esters is 1. The van der Waals surface area contributed by atoms with E-state index in [0.29, 0.717) is 18.8 Å². The summed E-state index contributed by atoms with van der Waals surface area (Å²) < 4.78 is 9.60. The molecule has 2 rings (SSSR count). The van der Waals surface area contributed by atoms with Crippen molar-refractivity contribution in [2.75, 3.05) is 13.2 Å². The van der Waals surface area contributed by atoms with E-state index in [1.54, 1.807) is 6.92 Å². The Hall–Kier alpha value is -2.13. The summed E-state index contributed by atoms with van der Waals surface area (Å²) in [5, 5.41) is 0. The molecule has 3 nitrogen and oxygen atoms in total. The van der Waals surface area contributed by atoms with Crippen LogP contribution >= 0.6 is 0 Å². The van der Waals surface area contributed by atoms with E-state index in [0.717, 1.165) is 11.1 Å². The lowest BCUT2D eigenvalue weighted by atomic mass is 10.1. The molecule has 1 aliphatic rings. The number of carbonyl (C=O) groups excluding carboxylic acids is 1. The molecule has 0 spiro atoms. The first-order chi connectivity index (χ1) is 9.58. The number of hydrogen-bond acceptors (Lipinski definition) is 3. The van der Waals surface area contributed by atoms with Crippen molar-refractivity contribution in [3.05, 3.63) is 60.7 Å². The molecule has 1 saturated heterocycles. The maximum absolute atomic E-state index is 10.7. The van der Waals surface area contributed by atoms with Crippen LogP contribution in [0.3, 0.4) is 0 Å². The molecule has 0 saturated carbocycles. The molecule has 0 bridgehead atoms. The maximum atomic E-state index is 10.7. The van der Waals surface area contributed by atoms with Crippen molar-refractivity contribution in [1.82, 2.24) is 0 Å². The molecule has 0 aromatic heterocycles. The van der Waals surface area contributed by atoms with Gasteiger partial charge >= 0.3 is 5.97 Å². The Bertz CT molecular complexity index is 472. The zero-order valence-corrected chi connectivity index (χ0v) is 11.8. The smallest absolute Gasteiger partial charge is 0.333 e. The van der Waals surface area contributed by atoms with Crippen molar-refractivity contribution in [1.29, 1.82) is 0 Å². The molecule has 1 aromatic rings. The quantitative estimate of drug-likeness (QED) is 0.468. The topological polar surface area (TPSA) is 38.8 Å². The van der Waals surface area contributed by atoms with Crippen LogP contribution in [0.4, 0.5) is 0 Å². The minimum Gasteiger partial charge on any atom is -0.459 e. The minimum absolute atomic E-state index is 0.142. The molecule has 3 heteroatoms. The Morgan fingerprint density at radius 1 is 1.35 bits per heavy atom. The number of rotatable bonds is 5. The first kappa shape index (κ1) is 15.9. The van der Waals surface area contributed by atoms with Gasteiger partial charge in [-0.05, 0) is 18.1 Å². The third-order valence-corrected chi connectivity index (χ3v) is 2.59. The maximum Gasteiger partial charge on any atom is 0.333 e. The predicted molar refractivity (Wildman–Crippen MR) is 82.1 cm³/mol. The van der Waals surface area contributed by atoms with E-state index in [9.17, 15) is 4.79 Å². The molecule has 1 fully saturated rings. The highest BCUT2D eigenvalue weighted by Crippen LogP contribution is 2.10. The first-order valence-electron chi connectivity index (χ1n) is 6.36. The summed E-state index contributed by atoms with van der Waals surface area (Å²) in [6, 6.07) is 8.02. The van der Waals surface area contributed by atoms with Gasteiger partial charge in [0.05, 0.1) is 6.61 Å². The van der Waals surface area contributed by atoms with Crippen LogP contribution in [0.1, 0.15) is 18.1 Å². The number of ether oxygens (including phenoxy) is 2. The molecule has 1 atom stereocenters. The highest BCUT2D eigenvalue weighted by atomic mass is 16.6. The summed E-state index contributed by atoms with van der Waals surface area (Å²) in [5.74, 6) is -0.337. The second kappa shape index (κ2) is 8.12. The van der Waals surface area contributed by atoms with Crippen molar-refractivity contribution in [3.8, 4) is 0 Å². The van der Waals surface area contributed by atoms with E-state index in [2.05, 4.69) is 19.7 Å². The van der Waals surface area contributed by atoms with Gasteiger partial charge in [-0.25, -0.2) is 4.79 Å². The highest BCUT2D eigenvalue weighted by Gasteiger charge is 2.24. The lowest BCUT2D eigenvalue weighted by molar-refractivity contribution is -0.139. The van der Waals surface area contributed by atoms with Crippen LogP contribution in [0, 0.1) is 0 Å². The standard InChI is InChI=1S/C10H10.C7H10O3/c1-3-9-7-5-6-8-10(9)4-2;1-5(2)7(8)10-4-6-3-9-6/h3-8H,1-2H2;6H,1,3-4H2,2H3. The molecule has 0 radical (unpaired) electrons. The van der Waals surface area contributed by atoms with Crippen LogP contribution in [-0.4, -0.2) is 25.3 Å². The van der Waals surface area contributed by atoms with Gasteiger partial charge in [0.1, 0.15) is 12.7 Å². The average Bonchev–Trinajstić information content (AvgIpc) is 3.29. The second-order valence-electron chi connectivity index (χ2n) is 4.37. The summed E-state index contributed by atoms with van der Waals surface area (Å²) in [7, 11) is 0. The van der Waals surface area contributed by atoms with E-state index >= 15 is 0 Å². The zero-order chi connectivity index (χ0) is 15.0. The van der Waals surface area contributed by atoms with Crippen molar-refractivity contribution < 1.29 is 14.3 Å². The molecular formula is C17H20O3. The zero-order valence-electron chi connectivity index (χ0n) is 11.8. The molecule has 0 N–H and O–H groups in total. The summed E-state index contributed by atoms with van der Waals surface area (Å²) in [6.45, 7) is 13.5. The summed E-state index contributed by atoms with van der Waals surface area (Å²) in [6.07, 6.45) is 3.80. The number of carbonyl (C=O) groups is 1.